The summed E-state index contributed by atoms with van der Waals surface area (Å²) >= 11 is 2.35. The number of benzene rings is 3. The van der Waals surface area contributed by atoms with Crippen molar-refractivity contribution >= 4 is 33.4 Å². The first-order chi connectivity index (χ1) is 8.33. The van der Waals surface area contributed by atoms with Crippen molar-refractivity contribution in [2.24, 2.45) is 0 Å². The Morgan fingerprint density at radius 3 is 2.18 bits per heavy atom. The van der Waals surface area contributed by atoms with E-state index in [9.17, 15) is 0 Å². The second-order valence-electron chi connectivity index (χ2n) is 4.07. The molecule has 0 aromatic heterocycles. The van der Waals surface area contributed by atoms with Crippen molar-refractivity contribution in [2.75, 3.05) is 0 Å². The van der Waals surface area contributed by atoms with E-state index in [1.54, 1.807) is 0 Å². The summed E-state index contributed by atoms with van der Waals surface area (Å²) in [6.45, 7) is 0. The second kappa shape index (κ2) is 4.49. The molecule has 0 aliphatic heterocycles. The van der Waals surface area contributed by atoms with Gasteiger partial charge in [0.15, 0.2) is 0 Å². The van der Waals surface area contributed by atoms with E-state index in [0.717, 1.165) is 0 Å². The Labute approximate surface area is 114 Å². The maximum atomic E-state index is 2.35. The molecule has 0 heterocycles. The first-order valence-corrected chi connectivity index (χ1v) is 6.65. The summed E-state index contributed by atoms with van der Waals surface area (Å²) in [5.41, 5.74) is 2.56. The fraction of sp³-hybridized carbons (Fsp3) is 0. The van der Waals surface area contributed by atoms with Gasteiger partial charge in [0.25, 0.3) is 0 Å². The highest BCUT2D eigenvalue weighted by molar-refractivity contribution is 14.1. The average Bonchev–Trinajstić information content (AvgIpc) is 2.38. The lowest BCUT2D eigenvalue weighted by atomic mass is 10.0. The first kappa shape index (κ1) is 10.8. The lowest BCUT2D eigenvalue weighted by Crippen LogP contribution is -1.80. The van der Waals surface area contributed by atoms with E-state index in [2.05, 4.69) is 89.3 Å². The Balaban J connectivity index is 2.18. The SMILES string of the molecule is Ic1cccc(-c2ccc3ccccc3c2)c1. The van der Waals surface area contributed by atoms with Crippen LogP contribution < -0.4 is 0 Å². The summed E-state index contributed by atoms with van der Waals surface area (Å²) in [5.74, 6) is 0. The van der Waals surface area contributed by atoms with Crippen molar-refractivity contribution in [3.63, 3.8) is 0 Å². The van der Waals surface area contributed by atoms with Crippen LogP contribution in [0.3, 0.4) is 0 Å². The van der Waals surface area contributed by atoms with Crippen molar-refractivity contribution in [3.8, 4) is 11.1 Å². The third kappa shape index (κ3) is 2.20. The standard InChI is InChI=1S/C16H11I/c17-16-7-3-6-14(11-16)15-9-8-12-4-1-2-5-13(12)10-15/h1-11H. The minimum Gasteiger partial charge on any atom is -0.0616 e. The summed E-state index contributed by atoms with van der Waals surface area (Å²) in [6, 6.07) is 23.7. The highest BCUT2D eigenvalue weighted by Gasteiger charge is 1.99. The van der Waals surface area contributed by atoms with Gasteiger partial charge >= 0.3 is 0 Å². The molecule has 82 valence electrons. The highest BCUT2D eigenvalue weighted by Crippen LogP contribution is 2.25. The number of fused-ring (bicyclic) bond motifs is 1. The van der Waals surface area contributed by atoms with Crippen molar-refractivity contribution in [1.29, 1.82) is 0 Å². The van der Waals surface area contributed by atoms with Gasteiger partial charge in [0, 0.05) is 3.57 Å². The average molecular weight is 330 g/mol. The smallest absolute Gasteiger partial charge is 0.0136 e. The van der Waals surface area contributed by atoms with Crippen LogP contribution in [0.5, 0.6) is 0 Å². The molecule has 0 saturated heterocycles. The van der Waals surface area contributed by atoms with Crippen LogP contribution in [0.1, 0.15) is 0 Å². The molecule has 17 heavy (non-hydrogen) atoms. The third-order valence-corrected chi connectivity index (χ3v) is 3.58. The van der Waals surface area contributed by atoms with Crippen molar-refractivity contribution in [3.05, 3.63) is 70.3 Å². The Bertz CT molecular complexity index is 671. The third-order valence-electron chi connectivity index (χ3n) is 2.91. The monoisotopic (exact) mass is 330 g/mol. The summed E-state index contributed by atoms with van der Waals surface area (Å²) < 4.78 is 1.27. The molecule has 0 unspecified atom stereocenters. The molecule has 0 N–H and O–H groups in total. The molecule has 3 rings (SSSR count). The van der Waals surface area contributed by atoms with E-state index in [4.69, 9.17) is 0 Å². The maximum Gasteiger partial charge on any atom is 0.0136 e. The fourth-order valence-electron chi connectivity index (χ4n) is 2.04. The van der Waals surface area contributed by atoms with Gasteiger partial charge in [-0.1, -0.05) is 48.5 Å². The fourth-order valence-corrected chi connectivity index (χ4v) is 2.58. The van der Waals surface area contributed by atoms with Crippen LogP contribution in [-0.4, -0.2) is 0 Å². The van der Waals surface area contributed by atoms with E-state index in [0.29, 0.717) is 0 Å². The molecule has 0 nitrogen and oxygen atoms in total. The lowest BCUT2D eigenvalue weighted by molar-refractivity contribution is 1.61. The van der Waals surface area contributed by atoms with Gasteiger partial charge in [0.1, 0.15) is 0 Å². The van der Waals surface area contributed by atoms with E-state index >= 15 is 0 Å². The van der Waals surface area contributed by atoms with E-state index in [1.807, 2.05) is 0 Å². The van der Waals surface area contributed by atoms with E-state index in [-0.39, 0.29) is 0 Å². The Morgan fingerprint density at radius 2 is 1.35 bits per heavy atom. The van der Waals surface area contributed by atoms with Crippen LogP contribution >= 0.6 is 22.6 Å². The first-order valence-electron chi connectivity index (χ1n) is 5.58. The van der Waals surface area contributed by atoms with Crippen LogP contribution in [-0.2, 0) is 0 Å². The minimum absolute atomic E-state index is 1.27. The molecular formula is C16H11I. The van der Waals surface area contributed by atoms with Gasteiger partial charge in [-0.3, -0.25) is 0 Å². The molecule has 0 amide bonds. The summed E-state index contributed by atoms with van der Waals surface area (Å²) in [4.78, 5) is 0. The topological polar surface area (TPSA) is 0 Å². The molecule has 0 atom stereocenters. The van der Waals surface area contributed by atoms with E-state index in [1.165, 1.54) is 25.5 Å². The molecule has 1 heteroatoms. The molecule has 0 fully saturated rings. The summed E-state index contributed by atoms with van der Waals surface area (Å²) in [7, 11) is 0. The maximum absolute atomic E-state index is 2.35. The van der Waals surface area contributed by atoms with Crippen molar-refractivity contribution in [1.82, 2.24) is 0 Å². The molecule has 0 aliphatic carbocycles. The molecule has 3 aromatic rings. The summed E-state index contributed by atoms with van der Waals surface area (Å²) in [5, 5.41) is 2.59. The van der Waals surface area contributed by atoms with Crippen molar-refractivity contribution < 1.29 is 0 Å². The lowest BCUT2D eigenvalue weighted by Gasteiger charge is -2.04. The molecule has 0 radical (unpaired) electrons. The largest absolute Gasteiger partial charge is 0.0616 e. The van der Waals surface area contributed by atoms with Gasteiger partial charge < -0.3 is 0 Å². The molecule has 0 saturated carbocycles. The normalized spacial score (nSPS) is 10.6. The Morgan fingerprint density at radius 1 is 0.588 bits per heavy atom. The van der Waals surface area contributed by atoms with Gasteiger partial charge in [-0.2, -0.15) is 0 Å². The molecule has 0 bridgehead atoms. The quantitative estimate of drug-likeness (QED) is 0.544. The molecule has 3 aromatic carbocycles. The zero-order chi connectivity index (χ0) is 11.7. The van der Waals surface area contributed by atoms with Crippen LogP contribution in [0.4, 0.5) is 0 Å². The Kier molecular flexibility index (Phi) is 2.85. The van der Waals surface area contributed by atoms with Gasteiger partial charge in [0.2, 0.25) is 0 Å². The predicted molar refractivity (Wildman–Crippen MR) is 82.1 cm³/mol. The van der Waals surface area contributed by atoms with Crippen LogP contribution in [0.15, 0.2) is 66.7 Å². The zero-order valence-electron chi connectivity index (χ0n) is 9.23. The van der Waals surface area contributed by atoms with E-state index < -0.39 is 0 Å². The van der Waals surface area contributed by atoms with Gasteiger partial charge in [-0.05, 0) is 62.7 Å². The van der Waals surface area contributed by atoms with Crippen LogP contribution in [0.2, 0.25) is 0 Å². The number of hydrogen-bond donors (Lipinski definition) is 0. The molecular weight excluding hydrogens is 319 g/mol. The zero-order valence-corrected chi connectivity index (χ0v) is 11.4. The molecule has 0 spiro atoms. The summed E-state index contributed by atoms with van der Waals surface area (Å²) in [6.07, 6.45) is 0. The minimum atomic E-state index is 1.27. The highest BCUT2D eigenvalue weighted by atomic mass is 127. The second-order valence-corrected chi connectivity index (χ2v) is 5.32. The predicted octanol–water partition coefficient (Wildman–Crippen LogP) is 5.11. The molecule has 0 aliphatic rings. The van der Waals surface area contributed by atoms with Gasteiger partial charge in [-0.25, -0.2) is 0 Å². The number of hydrogen-bond acceptors (Lipinski definition) is 0. The number of halogens is 1. The van der Waals surface area contributed by atoms with Gasteiger partial charge in [-0.15, -0.1) is 0 Å². The van der Waals surface area contributed by atoms with Crippen LogP contribution in [0, 0.1) is 3.57 Å². The van der Waals surface area contributed by atoms with Crippen LogP contribution in [0.25, 0.3) is 21.9 Å². The number of rotatable bonds is 1. The van der Waals surface area contributed by atoms with Gasteiger partial charge in [0.05, 0.1) is 0 Å². The Hall–Kier alpha value is -1.35. The van der Waals surface area contributed by atoms with Crippen molar-refractivity contribution in [2.45, 2.75) is 0 Å².